The number of carbonyl (C=O) groups is 1. The molecule has 5 nitrogen and oxygen atoms in total. The molecule has 0 aromatic heterocycles. The highest BCUT2D eigenvalue weighted by Crippen LogP contribution is 2.67. The van der Waals surface area contributed by atoms with Crippen molar-refractivity contribution in [2.24, 2.45) is 39.5 Å². The molecule has 1 unspecified atom stereocenters. The van der Waals surface area contributed by atoms with E-state index >= 15 is 0 Å². The minimum absolute atomic E-state index is 0.0580. The minimum Gasteiger partial charge on any atom is -0.394 e. The molecule has 0 aromatic carbocycles. The summed E-state index contributed by atoms with van der Waals surface area (Å²) in [5.41, 5.74) is 6.29. The molecule has 0 aliphatic heterocycles. The molecule has 4 saturated carbocycles. The summed E-state index contributed by atoms with van der Waals surface area (Å²) in [7, 11) is 0. The molecule has 0 radical (unpaired) electrons. The van der Waals surface area contributed by atoms with Crippen LogP contribution < -0.4 is 5.73 Å². The third-order valence-electron chi connectivity index (χ3n) is 8.90. The maximum Gasteiger partial charge on any atom is 0.139 e. The summed E-state index contributed by atoms with van der Waals surface area (Å²) in [6.45, 7) is 11.1. The smallest absolute Gasteiger partial charge is 0.139 e. The number of nitrogens with zero attached hydrogens (tertiary/aromatic N) is 1. The summed E-state index contributed by atoms with van der Waals surface area (Å²) in [6, 6.07) is -0.0580. The lowest BCUT2D eigenvalue weighted by Gasteiger charge is -2.63. The summed E-state index contributed by atoms with van der Waals surface area (Å²) in [6.07, 6.45) is 6.80. The molecule has 0 heterocycles. The quantitative estimate of drug-likeness (QED) is 0.571. The van der Waals surface area contributed by atoms with Gasteiger partial charge in [0.1, 0.15) is 12.4 Å². The second-order valence-electron chi connectivity index (χ2n) is 10.5. The van der Waals surface area contributed by atoms with Crippen molar-refractivity contribution in [1.82, 2.24) is 0 Å². The number of nitrogens with two attached hydrogens (primary N) is 1. The zero-order valence-electron chi connectivity index (χ0n) is 17.7. The van der Waals surface area contributed by atoms with E-state index < -0.39 is 5.60 Å². The Hall–Kier alpha value is -1.20. The molecule has 7 atom stereocenters. The summed E-state index contributed by atoms with van der Waals surface area (Å²) < 4.78 is 0. The van der Waals surface area contributed by atoms with E-state index in [-0.39, 0.29) is 16.9 Å². The van der Waals surface area contributed by atoms with Crippen molar-refractivity contribution >= 4 is 11.5 Å². The van der Waals surface area contributed by atoms with Crippen LogP contribution in [0.1, 0.15) is 72.1 Å². The molecule has 156 valence electrons. The van der Waals surface area contributed by atoms with Crippen molar-refractivity contribution in [1.29, 1.82) is 0 Å². The SMILES string of the molecule is C=C1C[C@@H]2[C@@H](CC[C@]3(C)C(=O)CC[C@@H]23)[C@@]2(C)CCC(=NOCC(C)N)C[C@@]12O. The molecule has 4 fully saturated rings. The van der Waals surface area contributed by atoms with Crippen LogP contribution in [0.25, 0.3) is 0 Å². The third-order valence-corrected chi connectivity index (χ3v) is 8.90. The Morgan fingerprint density at radius 3 is 2.75 bits per heavy atom. The largest absolute Gasteiger partial charge is 0.394 e. The van der Waals surface area contributed by atoms with Gasteiger partial charge in [-0.05, 0) is 68.8 Å². The predicted molar refractivity (Wildman–Crippen MR) is 110 cm³/mol. The fraction of sp³-hybridized carbons (Fsp3) is 0.826. The van der Waals surface area contributed by atoms with E-state index in [0.29, 0.717) is 36.6 Å². The molecule has 0 aromatic rings. The number of ketones is 1. The molecule has 4 rings (SSSR count). The van der Waals surface area contributed by atoms with Crippen LogP contribution in [0.5, 0.6) is 0 Å². The molecule has 3 N–H and O–H groups in total. The van der Waals surface area contributed by atoms with Crippen molar-refractivity contribution in [3.63, 3.8) is 0 Å². The van der Waals surface area contributed by atoms with Gasteiger partial charge in [-0.2, -0.15) is 0 Å². The van der Waals surface area contributed by atoms with Crippen LogP contribution >= 0.6 is 0 Å². The monoisotopic (exact) mass is 388 g/mol. The zero-order chi connectivity index (χ0) is 20.3. The van der Waals surface area contributed by atoms with Crippen molar-refractivity contribution in [2.45, 2.75) is 83.8 Å². The Morgan fingerprint density at radius 1 is 1.29 bits per heavy atom. The second-order valence-corrected chi connectivity index (χ2v) is 10.5. The number of fused-ring (bicyclic) bond motifs is 5. The van der Waals surface area contributed by atoms with Gasteiger partial charge in [0.15, 0.2) is 0 Å². The number of carbonyl (C=O) groups excluding carboxylic acids is 1. The van der Waals surface area contributed by atoms with Gasteiger partial charge < -0.3 is 15.7 Å². The number of hydrogen-bond acceptors (Lipinski definition) is 5. The highest BCUT2D eigenvalue weighted by molar-refractivity contribution is 5.88. The highest BCUT2D eigenvalue weighted by atomic mass is 16.6. The lowest BCUT2D eigenvalue weighted by molar-refractivity contribution is -0.161. The van der Waals surface area contributed by atoms with Gasteiger partial charge in [-0.25, -0.2) is 0 Å². The lowest BCUT2D eigenvalue weighted by atomic mass is 9.43. The van der Waals surface area contributed by atoms with Gasteiger partial charge >= 0.3 is 0 Å². The first-order chi connectivity index (χ1) is 13.1. The molecule has 0 bridgehead atoms. The molecular formula is C23H36N2O3. The number of rotatable bonds is 3. The number of aliphatic hydroxyl groups is 1. The molecule has 0 amide bonds. The minimum atomic E-state index is -0.931. The summed E-state index contributed by atoms with van der Waals surface area (Å²) in [4.78, 5) is 18.0. The Kier molecular flexibility index (Phi) is 4.78. The van der Waals surface area contributed by atoms with Crippen LogP contribution in [0.2, 0.25) is 0 Å². The molecular weight excluding hydrogens is 352 g/mol. The van der Waals surface area contributed by atoms with Crippen LogP contribution in [0.15, 0.2) is 17.3 Å². The van der Waals surface area contributed by atoms with Gasteiger partial charge in [0.2, 0.25) is 0 Å². The molecule has 5 heteroatoms. The van der Waals surface area contributed by atoms with Gasteiger partial charge in [0, 0.05) is 29.7 Å². The summed E-state index contributed by atoms with van der Waals surface area (Å²) >= 11 is 0. The van der Waals surface area contributed by atoms with Crippen LogP contribution in [0, 0.1) is 28.6 Å². The average molecular weight is 389 g/mol. The number of oxime groups is 1. The average Bonchev–Trinajstić information content (AvgIpc) is 2.93. The fourth-order valence-corrected chi connectivity index (χ4v) is 7.13. The Balaban J connectivity index is 1.60. The maximum absolute atomic E-state index is 12.6. The molecule has 0 spiro atoms. The molecule has 4 aliphatic rings. The molecule has 28 heavy (non-hydrogen) atoms. The topological polar surface area (TPSA) is 84.9 Å². The van der Waals surface area contributed by atoms with Crippen LogP contribution in [0.4, 0.5) is 0 Å². The Bertz CT molecular complexity index is 717. The van der Waals surface area contributed by atoms with E-state index in [9.17, 15) is 9.90 Å². The highest BCUT2D eigenvalue weighted by Gasteiger charge is 2.65. The van der Waals surface area contributed by atoms with Gasteiger partial charge in [0.25, 0.3) is 0 Å². The first-order valence-corrected chi connectivity index (χ1v) is 11.0. The van der Waals surface area contributed by atoms with Crippen LogP contribution in [-0.4, -0.2) is 34.9 Å². The third kappa shape index (κ3) is 2.72. The van der Waals surface area contributed by atoms with Crippen LogP contribution in [0.3, 0.4) is 0 Å². The van der Waals surface area contributed by atoms with Crippen LogP contribution in [-0.2, 0) is 9.63 Å². The van der Waals surface area contributed by atoms with Crippen molar-refractivity contribution in [3.8, 4) is 0 Å². The molecule has 4 aliphatic carbocycles. The van der Waals surface area contributed by atoms with Crippen molar-refractivity contribution in [2.75, 3.05) is 6.61 Å². The summed E-state index contributed by atoms with van der Waals surface area (Å²) in [5.74, 6) is 1.81. The van der Waals surface area contributed by atoms with Crippen molar-refractivity contribution in [3.05, 3.63) is 12.2 Å². The Labute approximate surface area is 168 Å². The first kappa shape index (κ1) is 20.1. The normalized spacial score (nSPS) is 48.0. The first-order valence-electron chi connectivity index (χ1n) is 11.0. The number of Topliss-reactive ketones (excluding diaryl/α,β-unsaturated/α-hetero) is 1. The van der Waals surface area contributed by atoms with E-state index in [1.165, 1.54) is 0 Å². The zero-order valence-corrected chi connectivity index (χ0v) is 17.7. The van der Waals surface area contributed by atoms with Crippen molar-refractivity contribution < 1.29 is 14.7 Å². The van der Waals surface area contributed by atoms with E-state index in [1.807, 2.05) is 6.92 Å². The van der Waals surface area contributed by atoms with Gasteiger partial charge in [0.05, 0.1) is 11.3 Å². The van der Waals surface area contributed by atoms with Gasteiger partial charge in [-0.3, -0.25) is 4.79 Å². The predicted octanol–water partition coefficient (Wildman–Crippen LogP) is 3.60. The van der Waals surface area contributed by atoms with E-state index in [0.717, 1.165) is 56.2 Å². The maximum atomic E-state index is 12.6. The van der Waals surface area contributed by atoms with Gasteiger partial charge in [-0.15, -0.1) is 0 Å². The van der Waals surface area contributed by atoms with E-state index in [1.54, 1.807) is 0 Å². The van der Waals surface area contributed by atoms with E-state index in [2.05, 4.69) is 25.6 Å². The van der Waals surface area contributed by atoms with E-state index in [4.69, 9.17) is 10.6 Å². The Morgan fingerprint density at radius 2 is 2.04 bits per heavy atom. The lowest BCUT2D eigenvalue weighted by Crippen LogP contribution is -2.63. The molecule has 0 saturated heterocycles. The fourth-order valence-electron chi connectivity index (χ4n) is 7.13. The second kappa shape index (κ2) is 6.66. The summed E-state index contributed by atoms with van der Waals surface area (Å²) in [5, 5.41) is 16.2. The number of hydrogen-bond donors (Lipinski definition) is 2. The standard InChI is InChI=1S/C23H36N2O3/c1-14-11-17-18-5-6-20(26)21(18,3)9-8-19(17)22(4)10-7-16(12-23(14,22)27)25-28-13-15(2)24/h15,17-19,27H,1,5-13,24H2,2-4H3/t15?,17-,18-,19+,21-,22+,23+/m0/s1. The van der Waals surface area contributed by atoms with Gasteiger partial charge in [-0.1, -0.05) is 25.6 Å².